The van der Waals surface area contributed by atoms with Gasteiger partial charge in [-0.2, -0.15) is 13.2 Å². The molecule has 136 valence electrons. The van der Waals surface area contributed by atoms with Gasteiger partial charge in [-0.3, -0.25) is 4.79 Å². The Bertz CT molecular complexity index is 487. The summed E-state index contributed by atoms with van der Waals surface area (Å²) in [6, 6.07) is -3.06. The van der Waals surface area contributed by atoms with Crippen LogP contribution in [-0.2, 0) is 4.79 Å². The van der Waals surface area contributed by atoms with E-state index in [0.29, 0.717) is 32.2 Å². The minimum Gasteiger partial charge on any atom is -0.352 e. The summed E-state index contributed by atoms with van der Waals surface area (Å²) in [5.74, 6) is -0.801. The number of hydrogen-bond donors (Lipinski definition) is 2. The van der Waals surface area contributed by atoms with E-state index in [0.717, 1.165) is 25.7 Å². The molecular weight excluding hydrogens is 323 g/mol. The molecule has 2 N–H and O–H groups in total. The number of carbonyl (C=O) groups is 2. The molecule has 3 fully saturated rings. The SMILES string of the molecule is O=C(NC1CC1)[C@H]1CCCN1C(=O)N[C@@H](C1CCCC1)C(F)(F)F. The number of amides is 3. The highest BCUT2D eigenvalue weighted by molar-refractivity contribution is 5.88. The average Bonchev–Trinajstić information content (AvgIpc) is 3.02. The minimum absolute atomic E-state index is 0.171. The van der Waals surface area contributed by atoms with Crippen LogP contribution in [-0.4, -0.2) is 47.7 Å². The van der Waals surface area contributed by atoms with Crippen LogP contribution >= 0.6 is 0 Å². The molecule has 0 aromatic heterocycles. The fraction of sp³-hybridized carbons (Fsp3) is 0.875. The number of alkyl halides is 3. The largest absolute Gasteiger partial charge is 0.408 e. The first-order chi connectivity index (χ1) is 11.4. The second-order valence-electron chi connectivity index (χ2n) is 7.15. The maximum Gasteiger partial charge on any atom is 0.408 e. The standard InChI is InChI=1S/C16H24F3N3O2/c17-16(18,19)13(10-4-1-2-5-10)21-15(24)22-9-3-6-12(22)14(23)20-11-7-8-11/h10-13H,1-9H2,(H,20,23)(H,21,24)/t12-,13+/m1/s1. The summed E-state index contributed by atoms with van der Waals surface area (Å²) in [6.07, 6.45) is 1.04. The maximum atomic E-state index is 13.3. The molecule has 0 unspecified atom stereocenters. The highest BCUT2D eigenvalue weighted by atomic mass is 19.4. The Morgan fingerprint density at radius 3 is 2.25 bits per heavy atom. The van der Waals surface area contributed by atoms with Crippen LogP contribution in [0.1, 0.15) is 51.4 Å². The van der Waals surface area contributed by atoms with E-state index in [2.05, 4.69) is 10.6 Å². The Hall–Kier alpha value is -1.47. The molecule has 2 saturated carbocycles. The molecule has 0 radical (unpaired) electrons. The first-order valence-electron chi connectivity index (χ1n) is 8.80. The second kappa shape index (κ2) is 6.80. The summed E-state index contributed by atoms with van der Waals surface area (Å²) < 4.78 is 40.0. The molecule has 2 atom stereocenters. The van der Waals surface area contributed by atoms with Crippen molar-refractivity contribution in [2.75, 3.05) is 6.54 Å². The van der Waals surface area contributed by atoms with Gasteiger partial charge in [0.25, 0.3) is 0 Å². The number of likely N-dealkylation sites (tertiary alicyclic amines) is 1. The lowest BCUT2D eigenvalue weighted by Crippen LogP contribution is -2.56. The van der Waals surface area contributed by atoms with Gasteiger partial charge >= 0.3 is 12.2 Å². The fourth-order valence-electron chi connectivity index (χ4n) is 3.78. The lowest BCUT2D eigenvalue weighted by Gasteiger charge is -2.31. The zero-order chi connectivity index (χ0) is 17.3. The number of carbonyl (C=O) groups excluding carboxylic acids is 2. The molecule has 0 bridgehead atoms. The molecular formula is C16H24F3N3O2. The van der Waals surface area contributed by atoms with E-state index in [4.69, 9.17) is 0 Å². The van der Waals surface area contributed by atoms with E-state index in [1.807, 2.05) is 0 Å². The molecule has 8 heteroatoms. The third-order valence-electron chi connectivity index (χ3n) is 5.24. The van der Waals surface area contributed by atoms with Crippen molar-refractivity contribution < 1.29 is 22.8 Å². The molecule has 3 rings (SSSR count). The van der Waals surface area contributed by atoms with Gasteiger partial charge in [0.15, 0.2) is 0 Å². The quantitative estimate of drug-likeness (QED) is 0.821. The molecule has 0 spiro atoms. The third kappa shape index (κ3) is 3.95. The summed E-state index contributed by atoms with van der Waals surface area (Å²) in [7, 11) is 0. The zero-order valence-corrected chi connectivity index (χ0v) is 13.6. The van der Waals surface area contributed by atoms with E-state index in [9.17, 15) is 22.8 Å². The van der Waals surface area contributed by atoms with Gasteiger partial charge in [0.1, 0.15) is 12.1 Å². The number of halogens is 3. The van der Waals surface area contributed by atoms with E-state index in [1.165, 1.54) is 4.90 Å². The van der Waals surface area contributed by atoms with Crippen LogP contribution in [0.4, 0.5) is 18.0 Å². The monoisotopic (exact) mass is 347 g/mol. The highest BCUT2D eigenvalue weighted by Gasteiger charge is 2.47. The van der Waals surface area contributed by atoms with Gasteiger partial charge < -0.3 is 15.5 Å². The van der Waals surface area contributed by atoms with Gasteiger partial charge in [0.2, 0.25) is 5.91 Å². The van der Waals surface area contributed by atoms with Gasteiger partial charge in [-0.05, 0) is 44.4 Å². The molecule has 2 aliphatic carbocycles. The fourth-order valence-corrected chi connectivity index (χ4v) is 3.78. The predicted octanol–water partition coefficient (Wildman–Crippen LogP) is 2.56. The molecule has 3 aliphatic rings. The number of rotatable bonds is 4. The zero-order valence-electron chi connectivity index (χ0n) is 13.6. The van der Waals surface area contributed by atoms with E-state index >= 15 is 0 Å². The number of nitrogens with zero attached hydrogens (tertiary/aromatic N) is 1. The van der Waals surface area contributed by atoms with Crippen molar-refractivity contribution >= 4 is 11.9 Å². The Kier molecular flexibility index (Phi) is 4.92. The first kappa shape index (κ1) is 17.4. The van der Waals surface area contributed by atoms with E-state index in [-0.39, 0.29) is 11.9 Å². The lowest BCUT2D eigenvalue weighted by atomic mass is 9.98. The van der Waals surface area contributed by atoms with E-state index < -0.39 is 30.2 Å². The highest BCUT2D eigenvalue weighted by Crippen LogP contribution is 2.36. The molecule has 3 amide bonds. The topological polar surface area (TPSA) is 61.4 Å². The van der Waals surface area contributed by atoms with Crippen LogP contribution in [0.2, 0.25) is 0 Å². The Morgan fingerprint density at radius 2 is 1.67 bits per heavy atom. The summed E-state index contributed by atoms with van der Waals surface area (Å²) in [4.78, 5) is 25.9. The van der Waals surface area contributed by atoms with Gasteiger partial charge in [-0.25, -0.2) is 4.79 Å². The normalized spacial score (nSPS) is 26.5. The molecule has 1 heterocycles. The number of urea groups is 1. The van der Waals surface area contributed by atoms with Crippen molar-refractivity contribution in [1.82, 2.24) is 15.5 Å². The van der Waals surface area contributed by atoms with Crippen molar-refractivity contribution in [3.05, 3.63) is 0 Å². The van der Waals surface area contributed by atoms with Gasteiger partial charge in [0, 0.05) is 12.6 Å². The third-order valence-corrected chi connectivity index (χ3v) is 5.24. The molecule has 1 aliphatic heterocycles. The number of hydrogen-bond acceptors (Lipinski definition) is 2. The van der Waals surface area contributed by atoms with Gasteiger partial charge in [-0.1, -0.05) is 12.8 Å². The van der Waals surface area contributed by atoms with Crippen LogP contribution in [0.25, 0.3) is 0 Å². The smallest absolute Gasteiger partial charge is 0.352 e. The molecule has 0 aromatic carbocycles. The average molecular weight is 347 g/mol. The van der Waals surface area contributed by atoms with E-state index in [1.54, 1.807) is 0 Å². The Labute approximate surface area is 139 Å². The van der Waals surface area contributed by atoms with Crippen molar-refractivity contribution in [2.45, 2.75) is 75.7 Å². The van der Waals surface area contributed by atoms with Crippen molar-refractivity contribution in [1.29, 1.82) is 0 Å². The van der Waals surface area contributed by atoms with Crippen LogP contribution in [0, 0.1) is 5.92 Å². The summed E-state index contributed by atoms with van der Waals surface area (Å²) in [5, 5.41) is 5.01. The predicted molar refractivity (Wildman–Crippen MR) is 81.2 cm³/mol. The van der Waals surface area contributed by atoms with Gasteiger partial charge in [0.05, 0.1) is 0 Å². The Balaban J connectivity index is 1.63. The summed E-state index contributed by atoms with van der Waals surface area (Å²) in [5.41, 5.74) is 0. The minimum atomic E-state index is -4.46. The van der Waals surface area contributed by atoms with Crippen molar-refractivity contribution in [2.24, 2.45) is 5.92 Å². The first-order valence-corrected chi connectivity index (χ1v) is 8.80. The van der Waals surface area contributed by atoms with Crippen molar-refractivity contribution in [3.63, 3.8) is 0 Å². The summed E-state index contributed by atoms with van der Waals surface area (Å²) >= 11 is 0. The Morgan fingerprint density at radius 1 is 1.00 bits per heavy atom. The second-order valence-corrected chi connectivity index (χ2v) is 7.15. The maximum absolute atomic E-state index is 13.3. The van der Waals surface area contributed by atoms with Crippen LogP contribution in [0.15, 0.2) is 0 Å². The van der Waals surface area contributed by atoms with Crippen LogP contribution in [0.5, 0.6) is 0 Å². The number of nitrogens with one attached hydrogen (secondary N) is 2. The van der Waals surface area contributed by atoms with Crippen molar-refractivity contribution in [3.8, 4) is 0 Å². The lowest BCUT2D eigenvalue weighted by molar-refractivity contribution is -0.165. The molecule has 5 nitrogen and oxygen atoms in total. The molecule has 24 heavy (non-hydrogen) atoms. The summed E-state index contributed by atoms with van der Waals surface area (Å²) in [6.45, 7) is 0.323. The molecule has 1 saturated heterocycles. The molecule has 0 aromatic rings. The van der Waals surface area contributed by atoms with Crippen LogP contribution in [0.3, 0.4) is 0 Å². The van der Waals surface area contributed by atoms with Gasteiger partial charge in [-0.15, -0.1) is 0 Å². The van der Waals surface area contributed by atoms with Crippen LogP contribution < -0.4 is 10.6 Å².